The molecule has 6 N–H and O–H groups in total. The van der Waals surface area contributed by atoms with E-state index in [1.165, 1.54) is 0 Å². The quantitative estimate of drug-likeness (QED) is 0.0492. The number of hydrogen-bond acceptors (Lipinski definition) is 10. The first-order valence-corrected chi connectivity index (χ1v) is 41.1. The van der Waals surface area contributed by atoms with Gasteiger partial charge in [0.2, 0.25) is 11.8 Å². The van der Waals surface area contributed by atoms with Gasteiger partial charge in [0, 0.05) is 72.0 Å². The third-order valence-electron chi connectivity index (χ3n) is 12.8. The number of rotatable bonds is 18. The van der Waals surface area contributed by atoms with Crippen LogP contribution in [0.5, 0.6) is 0 Å². The van der Waals surface area contributed by atoms with Crippen LogP contribution in [0.2, 0.25) is 0 Å². The Balaban J connectivity index is 0.000000187. The number of fused-ring (bicyclic) bond motifs is 2. The van der Waals surface area contributed by atoms with Crippen molar-refractivity contribution in [2.45, 2.75) is 65.4 Å². The maximum atomic E-state index is 11.5. The van der Waals surface area contributed by atoms with Crippen LogP contribution < -0.4 is 21.5 Å². The molecule has 16 nitrogen and oxygen atoms in total. The topological polar surface area (TPSA) is 186 Å². The molecule has 4 unspecified atom stereocenters. The monoisotopic (exact) mass is 1160 g/mol. The van der Waals surface area contributed by atoms with Crippen LogP contribution in [-0.4, -0.2) is 69.1 Å². The summed E-state index contributed by atoms with van der Waals surface area (Å²) in [6, 6.07) is 57.5. The third kappa shape index (κ3) is 14.8. The Hall–Kier alpha value is -6.82. The Labute approximate surface area is 466 Å². The average molecular weight is 1170 g/mol. The Bertz CT molecular complexity index is 3130. The summed E-state index contributed by atoms with van der Waals surface area (Å²) in [6.45, 7) is 8.06. The molecular formula is C56H60Cl4N14O2Zn. The summed E-state index contributed by atoms with van der Waals surface area (Å²) in [5, 5.41) is 32.6. The summed E-state index contributed by atoms with van der Waals surface area (Å²) in [4.78, 5) is 26.8. The molecule has 2 amide bonds. The van der Waals surface area contributed by atoms with E-state index >= 15 is 0 Å². The number of aryl methyl sites for hydroxylation is 2. The van der Waals surface area contributed by atoms with Crippen LogP contribution in [0.15, 0.2) is 201 Å². The molecule has 0 saturated heterocycles. The van der Waals surface area contributed by atoms with Crippen LogP contribution >= 0.6 is 38.8 Å². The van der Waals surface area contributed by atoms with Crippen molar-refractivity contribution in [3.63, 3.8) is 0 Å². The zero-order valence-corrected chi connectivity index (χ0v) is 48.8. The fourth-order valence-corrected chi connectivity index (χ4v) is 9.36. The number of hydrogen-bond donors (Lipinski definition) is 4. The minimum absolute atomic E-state index is 0.223. The van der Waals surface area contributed by atoms with Crippen molar-refractivity contribution >= 4 is 96.4 Å². The second-order valence-electron chi connectivity index (χ2n) is 18.1. The SMILES string of the molecule is CCn1c(-c2ccccc2)c(N=NC2N(CCC(N)=O)C=N[NH+]2Cc2ccccc2)c2ccccc21.CCn1c(-c2ccccc2)c(N=NC2N(CCC(N)=O)C=N[NH+]2Cc2ccccc2)c2ccccc21.[Cl][Zn-2]([Cl])([Cl])[Cl]. The summed E-state index contributed by atoms with van der Waals surface area (Å²) in [5.41, 5.74) is 21.3. The van der Waals surface area contributed by atoms with Crippen LogP contribution in [0.1, 0.15) is 37.8 Å². The third-order valence-corrected chi connectivity index (χ3v) is 12.8. The fraction of sp³-hybridized carbons (Fsp3) is 0.214. The maximum absolute atomic E-state index is 11.5. The van der Waals surface area contributed by atoms with Crippen LogP contribution in [0.25, 0.3) is 44.3 Å². The molecule has 0 spiro atoms. The Morgan fingerprint density at radius 2 is 0.844 bits per heavy atom. The molecule has 10 rings (SSSR count). The summed E-state index contributed by atoms with van der Waals surface area (Å²) in [6.07, 6.45) is 3.13. The number of carbonyl (C=O) groups excluding carboxylic acids is 2. The molecule has 0 aliphatic carbocycles. The number of primary amides is 2. The number of nitrogens with zero attached hydrogens (tertiary/aromatic N) is 10. The predicted octanol–water partition coefficient (Wildman–Crippen LogP) is 10.6. The van der Waals surface area contributed by atoms with Gasteiger partial charge in [-0.25, -0.2) is 0 Å². The van der Waals surface area contributed by atoms with Crippen molar-refractivity contribution < 1.29 is 30.4 Å². The van der Waals surface area contributed by atoms with Crippen molar-refractivity contribution in [3.05, 3.63) is 181 Å². The Kier molecular flexibility index (Phi) is 19.8. The summed E-state index contributed by atoms with van der Waals surface area (Å²) < 4.78 is 4.56. The van der Waals surface area contributed by atoms with E-state index in [2.05, 4.69) is 106 Å². The molecule has 21 heteroatoms. The van der Waals surface area contributed by atoms with Gasteiger partial charge < -0.3 is 20.6 Å². The number of nitrogens with two attached hydrogens (primary N) is 2. The number of nitrogens with one attached hydrogen (secondary N) is 2. The molecule has 4 atom stereocenters. The van der Waals surface area contributed by atoms with Crippen LogP contribution in [-0.2, 0) is 46.6 Å². The molecule has 396 valence electrons. The molecule has 0 bridgehead atoms. The van der Waals surface area contributed by atoms with Crippen molar-refractivity contribution in [3.8, 4) is 22.5 Å². The first kappa shape index (κ1) is 56.4. The summed E-state index contributed by atoms with van der Waals surface area (Å²) >= 11 is 0. The van der Waals surface area contributed by atoms with E-state index in [-0.39, 0.29) is 24.7 Å². The Morgan fingerprint density at radius 3 is 1.18 bits per heavy atom. The first-order chi connectivity index (χ1) is 37.3. The van der Waals surface area contributed by atoms with Gasteiger partial charge in [0.15, 0.2) is 12.7 Å². The number of carbonyl (C=O) groups is 2. The second-order valence-corrected chi connectivity index (χ2v) is 45.9. The van der Waals surface area contributed by atoms with E-state index in [9.17, 15) is 9.59 Å². The molecular weight excluding hydrogens is 1110 g/mol. The van der Waals surface area contributed by atoms with Gasteiger partial charge in [-0.2, -0.15) is 10.0 Å². The number of benzene rings is 6. The number of quaternary nitrogens is 2. The van der Waals surface area contributed by atoms with Gasteiger partial charge in [-0.05, 0) is 26.0 Å². The number of aromatic nitrogens is 2. The average Bonchev–Trinajstić information content (AvgIpc) is 4.22. The minimum atomic E-state index is -3.36. The predicted molar refractivity (Wildman–Crippen MR) is 306 cm³/mol. The van der Waals surface area contributed by atoms with E-state index in [1.807, 2.05) is 107 Å². The number of amides is 2. The van der Waals surface area contributed by atoms with Crippen molar-refractivity contribution in [2.24, 2.45) is 42.1 Å². The van der Waals surface area contributed by atoms with Gasteiger partial charge in [0.25, 0.3) is 0 Å². The normalized spacial score (nSPS) is 17.1. The van der Waals surface area contributed by atoms with Gasteiger partial charge >= 0.3 is 62.2 Å². The van der Waals surface area contributed by atoms with Crippen molar-refractivity contribution in [2.75, 3.05) is 13.1 Å². The van der Waals surface area contributed by atoms with Gasteiger partial charge in [0.05, 0.1) is 22.4 Å². The second kappa shape index (κ2) is 27.0. The molecule has 2 aliphatic rings. The zero-order valence-electron chi connectivity index (χ0n) is 42.8. The standard InChI is InChI=1S/2C28H29N7O.4ClH.Zn/c2*1-2-34-24-16-10-9-15-23(24)26(27(34)22-13-7-4-8-14-22)31-32-28-33(18-17-25(29)36)20-30-35(28)19-21-11-5-3-6-12-21;;;;;/h2*3-16,20,28H,2,17-19H2,1H3,(H2,29,36);4*1H;/q;;;;;;+2/p-2. The number of halogens is 4. The molecule has 2 aliphatic heterocycles. The van der Waals surface area contributed by atoms with Crippen molar-refractivity contribution in [1.82, 2.24) is 18.9 Å². The molecule has 0 radical (unpaired) electrons. The molecule has 2 aromatic heterocycles. The molecule has 4 heterocycles. The van der Waals surface area contributed by atoms with Gasteiger partial charge in [-0.15, -0.1) is 20.5 Å². The number of azo groups is 2. The van der Waals surface area contributed by atoms with E-state index in [0.29, 0.717) is 26.2 Å². The van der Waals surface area contributed by atoms with Crippen molar-refractivity contribution in [1.29, 1.82) is 0 Å². The van der Waals surface area contributed by atoms with E-state index in [1.54, 1.807) is 12.7 Å². The number of para-hydroxylation sites is 2. The fourth-order valence-electron chi connectivity index (χ4n) is 9.36. The molecule has 0 fully saturated rings. The van der Waals surface area contributed by atoms with E-state index < -0.39 is 23.4 Å². The van der Waals surface area contributed by atoms with Gasteiger partial charge in [-0.3, -0.25) is 19.4 Å². The molecule has 8 aromatic rings. The molecule has 77 heavy (non-hydrogen) atoms. The van der Waals surface area contributed by atoms with Crippen LogP contribution in [0.4, 0.5) is 11.4 Å². The van der Waals surface area contributed by atoms with Gasteiger partial charge in [-0.1, -0.05) is 168 Å². The van der Waals surface area contributed by atoms with Crippen LogP contribution in [0, 0.1) is 0 Å². The summed E-state index contributed by atoms with van der Waals surface area (Å²) in [7, 11) is 16.8. The Morgan fingerprint density at radius 1 is 0.519 bits per heavy atom. The first-order valence-electron chi connectivity index (χ1n) is 25.5. The van der Waals surface area contributed by atoms with E-state index in [4.69, 9.17) is 70.7 Å². The van der Waals surface area contributed by atoms with E-state index in [0.717, 1.165) is 89.9 Å². The molecule has 6 aromatic carbocycles. The summed E-state index contributed by atoms with van der Waals surface area (Å²) in [5.74, 6) is -0.707. The van der Waals surface area contributed by atoms with Crippen LogP contribution in [0.3, 0.4) is 0 Å². The zero-order chi connectivity index (χ0) is 54.3. The molecule has 0 saturated carbocycles. The van der Waals surface area contributed by atoms with Gasteiger partial charge in [0.1, 0.15) is 24.5 Å².